The normalized spacial score (nSPS) is 15.3. The summed E-state index contributed by atoms with van der Waals surface area (Å²) in [6.45, 7) is 1.17. The van der Waals surface area contributed by atoms with E-state index in [1.165, 1.54) is 308 Å². The zero-order chi connectivity index (χ0) is 50.4. The van der Waals surface area contributed by atoms with Crippen LogP contribution in [-0.4, -0.2) is 48.6 Å². The van der Waals surface area contributed by atoms with Crippen molar-refractivity contribution in [2.45, 2.75) is 347 Å². The minimum atomic E-state index is -1.13. The number of ether oxygens (including phenoxy) is 2. The Morgan fingerprint density at radius 2 is 0.614 bits per heavy atom. The van der Waals surface area contributed by atoms with Crippen LogP contribution in [0.25, 0.3) is 0 Å². The van der Waals surface area contributed by atoms with Gasteiger partial charge in [-0.15, -0.1) is 0 Å². The molecule has 6 nitrogen and oxygen atoms in total. The van der Waals surface area contributed by atoms with Gasteiger partial charge in [-0.3, -0.25) is 9.59 Å². The topological polar surface area (TPSA) is 93.1 Å². The molecule has 0 radical (unpaired) electrons. The van der Waals surface area contributed by atoms with Crippen LogP contribution >= 0.6 is 0 Å². The Kier molecular flexibility index (Phi) is 51.3. The Labute approximate surface area is 436 Å². The van der Waals surface area contributed by atoms with Crippen molar-refractivity contribution < 1.29 is 29.3 Å². The highest BCUT2D eigenvalue weighted by molar-refractivity contribution is 5.80. The van der Waals surface area contributed by atoms with Crippen molar-refractivity contribution in [3.63, 3.8) is 0 Å². The quantitative estimate of drug-likeness (QED) is 0.0358. The van der Waals surface area contributed by atoms with Gasteiger partial charge in [0.15, 0.2) is 0 Å². The Hall–Kier alpha value is -1.40. The molecule has 0 spiro atoms. The van der Waals surface area contributed by atoms with Crippen molar-refractivity contribution in [1.82, 2.24) is 0 Å². The molecule has 0 saturated carbocycles. The molecule has 414 valence electrons. The number of unbranched alkanes of at least 4 members (excludes halogenated alkanes) is 49. The second-order valence-electron chi connectivity index (χ2n) is 22.8. The first-order valence-corrected chi connectivity index (χ1v) is 31.8. The minimum absolute atomic E-state index is 0.0185. The lowest BCUT2D eigenvalue weighted by Crippen LogP contribution is -2.40. The maximum atomic E-state index is 12.5. The van der Waals surface area contributed by atoms with Gasteiger partial charge < -0.3 is 19.7 Å². The number of carbonyl (C=O) groups is 2. The summed E-state index contributed by atoms with van der Waals surface area (Å²) < 4.78 is 10.6. The molecule has 1 aliphatic heterocycles. The Bertz CT molecular complexity index is 1100. The molecule has 70 heavy (non-hydrogen) atoms. The van der Waals surface area contributed by atoms with E-state index in [0.717, 1.165) is 19.3 Å². The van der Waals surface area contributed by atoms with Crippen molar-refractivity contribution >= 4 is 11.9 Å². The Balaban J connectivity index is 1.68. The van der Waals surface area contributed by atoms with Gasteiger partial charge in [-0.25, -0.2) is 0 Å². The molecule has 0 aliphatic carbocycles. The fourth-order valence-corrected chi connectivity index (χ4v) is 10.6. The fourth-order valence-electron chi connectivity index (χ4n) is 10.6. The monoisotopic (exact) mass is 987 g/mol. The molecule has 1 rings (SSSR count). The highest BCUT2D eigenvalue weighted by atomic mass is 16.6. The van der Waals surface area contributed by atoms with Crippen LogP contribution in [0.1, 0.15) is 347 Å². The molecule has 0 bridgehead atoms. The fraction of sp³-hybridized carbons (Fsp3) is 0.938. The van der Waals surface area contributed by atoms with E-state index in [1.807, 2.05) is 0 Å². The summed E-state index contributed by atoms with van der Waals surface area (Å²) in [5, 5.41) is 19.2. The van der Waals surface area contributed by atoms with Crippen LogP contribution < -0.4 is 0 Å². The molecule has 0 aromatic rings. The summed E-state index contributed by atoms with van der Waals surface area (Å²) in [7, 11) is 0. The van der Waals surface area contributed by atoms with E-state index < -0.39 is 36.5 Å². The van der Waals surface area contributed by atoms with Crippen LogP contribution in [0.15, 0.2) is 12.2 Å². The predicted molar refractivity (Wildman–Crippen MR) is 302 cm³/mol. The number of rotatable bonds is 55. The summed E-state index contributed by atoms with van der Waals surface area (Å²) >= 11 is 0. The first kappa shape index (κ1) is 66.6. The molecule has 6 heteroatoms. The zero-order valence-electron chi connectivity index (χ0n) is 47.1. The second-order valence-corrected chi connectivity index (χ2v) is 22.8. The summed E-state index contributed by atoms with van der Waals surface area (Å²) in [6.07, 6.45) is 77.4. The standard InChI is InChI=1S/C64H122O6/c1-2-3-4-5-6-7-8-9-10-11-12-13-14-15-16-17-18-19-20-21-22-23-24-25-26-27-28-29-30-31-32-33-34-35-36-37-38-39-40-41-42-43-44-45-46-47-48-49-50-51-52-53-54-55-61-56-62(67)69-59-64(57-65,58-66)60-70-63(61)68/h51-52,61,65-66H,2-50,53-60H2,1H3/b52-51+. The number of aliphatic hydroxyl groups is 2. The largest absolute Gasteiger partial charge is 0.465 e. The molecule has 1 saturated heterocycles. The van der Waals surface area contributed by atoms with Gasteiger partial charge in [0.25, 0.3) is 0 Å². The Morgan fingerprint density at radius 1 is 0.371 bits per heavy atom. The van der Waals surface area contributed by atoms with Gasteiger partial charge in [0, 0.05) is 0 Å². The molecule has 2 N–H and O–H groups in total. The van der Waals surface area contributed by atoms with E-state index in [-0.39, 0.29) is 19.6 Å². The lowest BCUT2D eigenvalue weighted by molar-refractivity contribution is -0.155. The number of aliphatic hydroxyl groups excluding tert-OH is 2. The SMILES string of the molecule is CCCCCCCCCCCCCCCCCCCCCCCCCCCCCCCCCCCCCCCCCCCCCCCCCC/C=C/CCCC1CC(=O)OCC(CO)(CO)COC1=O. The average Bonchev–Trinajstić information content (AvgIpc) is 3.43. The van der Waals surface area contributed by atoms with E-state index in [9.17, 15) is 19.8 Å². The van der Waals surface area contributed by atoms with Crippen LogP contribution in [0.4, 0.5) is 0 Å². The van der Waals surface area contributed by atoms with Crippen molar-refractivity contribution in [2.75, 3.05) is 26.4 Å². The predicted octanol–water partition coefficient (Wildman–Crippen LogP) is 19.9. The second kappa shape index (κ2) is 53.9. The summed E-state index contributed by atoms with van der Waals surface area (Å²) in [4.78, 5) is 24.7. The third kappa shape index (κ3) is 45.2. The molecular formula is C64H122O6. The van der Waals surface area contributed by atoms with Gasteiger partial charge in [0.05, 0.1) is 31.0 Å². The lowest BCUT2D eigenvalue weighted by Gasteiger charge is -2.27. The van der Waals surface area contributed by atoms with Crippen molar-refractivity contribution in [2.24, 2.45) is 11.3 Å². The van der Waals surface area contributed by atoms with E-state index in [2.05, 4.69) is 19.1 Å². The highest BCUT2D eigenvalue weighted by Gasteiger charge is 2.36. The van der Waals surface area contributed by atoms with E-state index >= 15 is 0 Å². The summed E-state index contributed by atoms with van der Waals surface area (Å²) in [6, 6.07) is 0. The third-order valence-corrected chi connectivity index (χ3v) is 15.8. The van der Waals surface area contributed by atoms with E-state index in [1.54, 1.807) is 0 Å². The molecule has 0 amide bonds. The maximum absolute atomic E-state index is 12.5. The van der Waals surface area contributed by atoms with Gasteiger partial charge in [-0.2, -0.15) is 0 Å². The molecule has 1 fully saturated rings. The molecule has 1 atom stereocenters. The molecule has 1 aliphatic rings. The van der Waals surface area contributed by atoms with Gasteiger partial charge >= 0.3 is 11.9 Å². The Morgan fingerprint density at radius 3 is 0.886 bits per heavy atom. The minimum Gasteiger partial charge on any atom is -0.465 e. The van der Waals surface area contributed by atoms with Crippen LogP contribution in [0.2, 0.25) is 0 Å². The van der Waals surface area contributed by atoms with Crippen LogP contribution in [0, 0.1) is 11.3 Å². The number of allylic oxidation sites excluding steroid dienone is 2. The van der Waals surface area contributed by atoms with E-state index in [0.29, 0.717) is 6.42 Å². The van der Waals surface area contributed by atoms with Gasteiger partial charge in [-0.05, 0) is 32.1 Å². The maximum Gasteiger partial charge on any atom is 0.309 e. The van der Waals surface area contributed by atoms with Gasteiger partial charge in [0.1, 0.15) is 13.2 Å². The highest BCUT2D eigenvalue weighted by Crippen LogP contribution is 2.25. The summed E-state index contributed by atoms with van der Waals surface area (Å²) in [5.41, 5.74) is -1.13. The summed E-state index contributed by atoms with van der Waals surface area (Å²) in [5.74, 6) is -1.47. The van der Waals surface area contributed by atoms with Crippen LogP contribution in [-0.2, 0) is 19.1 Å². The first-order chi connectivity index (χ1) is 34.6. The van der Waals surface area contributed by atoms with Crippen LogP contribution in [0.3, 0.4) is 0 Å². The van der Waals surface area contributed by atoms with Gasteiger partial charge in [-0.1, -0.05) is 321 Å². The number of hydrogen-bond acceptors (Lipinski definition) is 6. The van der Waals surface area contributed by atoms with Crippen molar-refractivity contribution in [3.8, 4) is 0 Å². The third-order valence-electron chi connectivity index (χ3n) is 15.8. The first-order valence-electron chi connectivity index (χ1n) is 31.8. The molecule has 0 aromatic heterocycles. The average molecular weight is 988 g/mol. The van der Waals surface area contributed by atoms with Crippen LogP contribution in [0.5, 0.6) is 0 Å². The lowest BCUT2D eigenvalue weighted by atomic mass is 9.92. The van der Waals surface area contributed by atoms with Gasteiger partial charge in [0.2, 0.25) is 0 Å². The number of cyclic esters (lactones) is 2. The number of esters is 2. The zero-order valence-corrected chi connectivity index (χ0v) is 47.1. The van der Waals surface area contributed by atoms with E-state index in [4.69, 9.17) is 9.47 Å². The molecule has 1 heterocycles. The molecular weight excluding hydrogens is 865 g/mol. The van der Waals surface area contributed by atoms with Crippen molar-refractivity contribution in [3.05, 3.63) is 12.2 Å². The molecule has 1 unspecified atom stereocenters. The van der Waals surface area contributed by atoms with Crippen molar-refractivity contribution in [1.29, 1.82) is 0 Å². The smallest absolute Gasteiger partial charge is 0.309 e. The molecule has 0 aromatic carbocycles. The number of hydrogen-bond donors (Lipinski definition) is 2. The number of carbonyl (C=O) groups excluding carboxylic acids is 2.